The molecule has 2 aliphatic rings. The van der Waals surface area contributed by atoms with Crippen molar-refractivity contribution in [2.45, 2.75) is 50.7 Å². The van der Waals surface area contributed by atoms with Gasteiger partial charge >= 0.3 is 0 Å². The molecule has 10 nitrogen and oxygen atoms in total. The Bertz CT molecular complexity index is 1880. The summed E-state index contributed by atoms with van der Waals surface area (Å²) < 4.78 is 11.1. The summed E-state index contributed by atoms with van der Waals surface area (Å²) in [4.78, 5) is 26.3. The van der Waals surface area contributed by atoms with E-state index in [-0.39, 0.29) is 86.9 Å². The number of fused-ring (bicyclic) bond motifs is 4. The van der Waals surface area contributed by atoms with Crippen LogP contribution in [0.1, 0.15) is 58.5 Å². The summed E-state index contributed by atoms with van der Waals surface area (Å²) in [6, 6.07) is 5.94. The first-order chi connectivity index (χ1) is 19.7. The number of benzene rings is 4. The van der Waals surface area contributed by atoms with Crippen molar-refractivity contribution in [2.75, 3.05) is 14.2 Å². The Morgan fingerprint density at radius 1 is 0.667 bits per heavy atom. The highest BCUT2D eigenvalue weighted by Crippen LogP contribution is 2.55. The zero-order valence-electron chi connectivity index (χ0n) is 23.5. The van der Waals surface area contributed by atoms with Crippen LogP contribution in [0, 0.1) is 0 Å². The number of aliphatic hydroxyl groups is 2. The quantitative estimate of drug-likeness (QED) is 0.207. The summed E-state index contributed by atoms with van der Waals surface area (Å²) in [6.07, 6.45) is -0.492. The number of methoxy groups -OCH3 is 2. The molecule has 6 N–H and O–H groups in total. The summed E-state index contributed by atoms with van der Waals surface area (Å²) in [6.45, 7) is 3.02. The molecule has 0 aliphatic heterocycles. The number of carbonyl (C=O) groups excluding carboxylic acids is 2. The van der Waals surface area contributed by atoms with Crippen LogP contribution in [0.2, 0.25) is 0 Å². The molecular weight excluding hydrogens is 544 g/mol. The minimum absolute atomic E-state index is 0.00420. The summed E-state index contributed by atoms with van der Waals surface area (Å²) >= 11 is 0. The first-order valence-electron chi connectivity index (χ1n) is 13.4. The first-order valence-corrected chi connectivity index (χ1v) is 13.4. The molecule has 4 aromatic rings. The largest absolute Gasteiger partial charge is 0.507 e. The van der Waals surface area contributed by atoms with Gasteiger partial charge in [0.15, 0.2) is 11.6 Å². The predicted octanol–water partition coefficient (Wildman–Crippen LogP) is 4.26. The van der Waals surface area contributed by atoms with Gasteiger partial charge < -0.3 is 40.1 Å². The van der Waals surface area contributed by atoms with Gasteiger partial charge in [-0.2, -0.15) is 0 Å². The maximum atomic E-state index is 13.3. The SMILES string of the molecule is COc1cc(O)c2c(O)c3c(c(-c4c(OC)cc5cc6c(c(O)c5c4O)C(=O)C[C@@](C)(O)C6)c2c1)C[C@@](C)(O)CC3=O. The molecule has 0 amide bonds. The van der Waals surface area contributed by atoms with Gasteiger partial charge in [-0.1, -0.05) is 0 Å². The number of hydrogen-bond acceptors (Lipinski definition) is 10. The number of ketones is 2. The molecule has 0 unspecified atom stereocenters. The van der Waals surface area contributed by atoms with Crippen molar-refractivity contribution in [3.63, 3.8) is 0 Å². The lowest BCUT2D eigenvalue weighted by Crippen LogP contribution is -2.36. The number of carbonyl (C=O) groups is 2. The molecule has 0 saturated carbocycles. The van der Waals surface area contributed by atoms with Crippen LogP contribution in [0.25, 0.3) is 32.7 Å². The van der Waals surface area contributed by atoms with E-state index in [2.05, 4.69) is 0 Å². The number of rotatable bonds is 3. The zero-order valence-corrected chi connectivity index (χ0v) is 23.5. The Hall–Kier alpha value is -4.54. The first kappa shape index (κ1) is 27.6. The van der Waals surface area contributed by atoms with Gasteiger partial charge in [-0.05, 0) is 48.6 Å². The fraction of sp³-hybridized carbons (Fsp3) is 0.312. The smallest absolute Gasteiger partial charge is 0.169 e. The molecule has 6 rings (SSSR count). The van der Waals surface area contributed by atoms with Crippen molar-refractivity contribution in [2.24, 2.45) is 0 Å². The number of phenolic OH excluding ortho intramolecular Hbond substituents is 4. The number of Topliss-reactive ketones (excluding diaryl/α,β-unsaturated/α-hetero) is 2. The van der Waals surface area contributed by atoms with Gasteiger partial charge in [0.05, 0.1) is 52.9 Å². The van der Waals surface area contributed by atoms with Crippen LogP contribution in [-0.4, -0.2) is 67.6 Å². The summed E-state index contributed by atoms with van der Waals surface area (Å²) in [5.41, 5.74) is -2.12. The molecule has 10 heteroatoms. The summed E-state index contributed by atoms with van der Waals surface area (Å²) in [7, 11) is 2.75. The third-order valence-corrected chi connectivity index (χ3v) is 8.33. The highest BCUT2D eigenvalue weighted by Gasteiger charge is 2.40. The second kappa shape index (κ2) is 8.98. The zero-order chi connectivity index (χ0) is 30.5. The third-order valence-electron chi connectivity index (χ3n) is 8.33. The second-order valence-electron chi connectivity index (χ2n) is 11.9. The van der Waals surface area contributed by atoms with E-state index in [0.717, 1.165) is 0 Å². The Labute approximate surface area is 240 Å². The third kappa shape index (κ3) is 3.93. The molecule has 2 aliphatic carbocycles. The maximum absolute atomic E-state index is 13.3. The van der Waals surface area contributed by atoms with Crippen molar-refractivity contribution in [1.29, 1.82) is 0 Å². The molecule has 0 spiro atoms. The predicted molar refractivity (Wildman–Crippen MR) is 153 cm³/mol. The summed E-state index contributed by atoms with van der Waals surface area (Å²) in [5.74, 6) is -2.53. The molecule has 0 radical (unpaired) electrons. The molecule has 42 heavy (non-hydrogen) atoms. The molecular formula is C32H30O10. The average Bonchev–Trinajstić information content (AvgIpc) is 2.86. The standard InChI is InChI=1S/C32H30O10/c1-31(39)9-14-5-13-6-21(42-4)27(29(37)23(13)28(36)22(14)19(34)11-31)24-16-7-15(41-3)8-18(33)25(16)30(38)26-17(24)10-32(2,40)12-20(26)35/h5-8,33,36-40H,9-12H2,1-4H3/t31-,32+/m0/s1. The molecule has 4 aromatic carbocycles. The van der Waals surface area contributed by atoms with Gasteiger partial charge in [-0.3, -0.25) is 9.59 Å². The fourth-order valence-electron chi connectivity index (χ4n) is 6.68. The van der Waals surface area contributed by atoms with Gasteiger partial charge in [-0.15, -0.1) is 0 Å². The molecule has 0 fully saturated rings. The van der Waals surface area contributed by atoms with E-state index in [0.29, 0.717) is 10.9 Å². The average molecular weight is 575 g/mol. The summed E-state index contributed by atoms with van der Waals surface area (Å²) in [5, 5.41) is 67.5. The van der Waals surface area contributed by atoms with Crippen LogP contribution < -0.4 is 9.47 Å². The number of hydrogen-bond donors (Lipinski definition) is 6. The van der Waals surface area contributed by atoms with Crippen molar-refractivity contribution in [1.82, 2.24) is 0 Å². The van der Waals surface area contributed by atoms with Crippen LogP contribution in [0.4, 0.5) is 0 Å². The topological polar surface area (TPSA) is 174 Å². The van der Waals surface area contributed by atoms with Gasteiger partial charge in [0.2, 0.25) is 0 Å². The normalized spacial score (nSPS) is 21.9. The molecule has 0 heterocycles. The lowest BCUT2D eigenvalue weighted by molar-refractivity contribution is 0.0396. The van der Waals surface area contributed by atoms with Gasteiger partial charge in [0.25, 0.3) is 0 Å². The second-order valence-corrected chi connectivity index (χ2v) is 11.9. The Kier molecular flexibility index (Phi) is 5.90. The molecule has 0 saturated heterocycles. The van der Waals surface area contributed by atoms with Gasteiger partial charge in [0.1, 0.15) is 34.5 Å². The molecule has 0 aromatic heterocycles. The van der Waals surface area contributed by atoms with E-state index >= 15 is 0 Å². The van der Waals surface area contributed by atoms with Crippen molar-refractivity contribution in [3.05, 3.63) is 46.5 Å². The van der Waals surface area contributed by atoms with Gasteiger partial charge in [-0.25, -0.2) is 0 Å². The number of ether oxygens (including phenoxy) is 2. The lowest BCUT2D eigenvalue weighted by Gasteiger charge is -2.33. The van der Waals surface area contributed by atoms with Crippen LogP contribution >= 0.6 is 0 Å². The fourth-order valence-corrected chi connectivity index (χ4v) is 6.68. The maximum Gasteiger partial charge on any atom is 0.169 e. The van der Waals surface area contributed by atoms with E-state index in [4.69, 9.17) is 9.47 Å². The lowest BCUT2D eigenvalue weighted by atomic mass is 9.74. The van der Waals surface area contributed by atoms with Crippen LogP contribution in [0.3, 0.4) is 0 Å². The minimum atomic E-state index is -1.50. The molecule has 218 valence electrons. The van der Waals surface area contributed by atoms with Crippen LogP contribution in [0.5, 0.6) is 34.5 Å². The van der Waals surface area contributed by atoms with Crippen molar-refractivity contribution >= 4 is 33.1 Å². The number of phenols is 4. The van der Waals surface area contributed by atoms with Crippen LogP contribution in [0.15, 0.2) is 24.3 Å². The highest BCUT2D eigenvalue weighted by molar-refractivity contribution is 6.18. The van der Waals surface area contributed by atoms with Gasteiger partial charge in [0, 0.05) is 42.7 Å². The molecule has 0 bridgehead atoms. The van der Waals surface area contributed by atoms with E-state index in [1.54, 1.807) is 12.1 Å². The highest BCUT2D eigenvalue weighted by atomic mass is 16.5. The monoisotopic (exact) mass is 574 g/mol. The van der Waals surface area contributed by atoms with Crippen molar-refractivity contribution < 1.29 is 49.7 Å². The Balaban J connectivity index is 1.81. The number of aromatic hydroxyl groups is 4. The van der Waals surface area contributed by atoms with E-state index in [9.17, 15) is 40.2 Å². The Morgan fingerprint density at radius 2 is 1.26 bits per heavy atom. The van der Waals surface area contributed by atoms with Crippen LogP contribution in [-0.2, 0) is 12.8 Å². The van der Waals surface area contributed by atoms with E-state index in [1.165, 1.54) is 40.2 Å². The minimum Gasteiger partial charge on any atom is -0.507 e. The van der Waals surface area contributed by atoms with E-state index in [1.807, 2.05) is 0 Å². The van der Waals surface area contributed by atoms with Crippen molar-refractivity contribution in [3.8, 4) is 45.6 Å². The molecule has 2 atom stereocenters. The Morgan fingerprint density at radius 3 is 1.90 bits per heavy atom. The van der Waals surface area contributed by atoms with E-state index < -0.39 is 40.0 Å².